The van der Waals surface area contributed by atoms with Gasteiger partial charge in [0.1, 0.15) is 11.1 Å². The molecule has 3 aromatic carbocycles. The molecular weight excluding hydrogens is 1010 g/mol. The van der Waals surface area contributed by atoms with Crippen molar-refractivity contribution in [2.45, 2.75) is 82.2 Å². The van der Waals surface area contributed by atoms with Gasteiger partial charge in [-0.25, -0.2) is 18.0 Å². The molecule has 4 heterocycles. The van der Waals surface area contributed by atoms with Crippen molar-refractivity contribution in [3.63, 3.8) is 0 Å². The van der Waals surface area contributed by atoms with Crippen LogP contribution in [0.25, 0.3) is 10.4 Å². The second kappa shape index (κ2) is 24.2. The lowest BCUT2D eigenvalue weighted by Gasteiger charge is -2.45. The van der Waals surface area contributed by atoms with Crippen molar-refractivity contribution in [3.05, 3.63) is 98.9 Å². The number of anilines is 2. The molecule has 20 nitrogen and oxygen atoms in total. The number of thiophene rings is 1. The van der Waals surface area contributed by atoms with E-state index in [0.29, 0.717) is 78.4 Å². The minimum atomic E-state index is -3.80. The smallest absolute Gasteiger partial charge is 0.349 e. The Kier molecular flexibility index (Phi) is 18.1. The van der Waals surface area contributed by atoms with E-state index in [4.69, 9.17) is 35.7 Å². The summed E-state index contributed by atoms with van der Waals surface area (Å²) in [5.41, 5.74) is 2.67. The number of carboxylic acids is 2. The van der Waals surface area contributed by atoms with Gasteiger partial charge in [-0.15, -0.1) is 11.3 Å². The molecule has 73 heavy (non-hydrogen) atoms. The van der Waals surface area contributed by atoms with Crippen molar-refractivity contribution in [3.8, 4) is 16.2 Å². The Morgan fingerprint density at radius 2 is 1.58 bits per heavy atom. The van der Waals surface area contributed by atoms with Crippen molar-refractivity contribution in [1.82, 2.24) is 14.5 Å². The number of carbonyl (C=O) groups excluding carboxylic acids is 5. The van der Waals surface area contributed by atoms with Crippen molar-refractivity contribution >= 4 is 85.8 Å². The molecule has 2 fully saturated rings. The van der Waals surface area contributed by atoms with Crippen molar-refractivity contribution in [2.75, 3.05) is 63.4 Å². The van der Waals surface area contributed by atoms with Crippen molar-refractivity contribution in [2.24, 2.45) is 0 Å². The van der Waals surface area contributed by atoms with Gasteiger partial charge >= 0.3 is 11.9 Å². The molecule has 390 valence electrons. The number of hydrogen-bond acceptors (Lipinski definition) is 15. The number of halogens is 1. The fraction of sp³-hybridized carbons (Fsp3) is 0.420. The van der Waals surface area contributed by atoms with E-state index < -0.39 is 63.8 Å². The topological polar surface area (TPSA) is 274 Å². The minimum Gasteiger partial charge on any atom is -0.479 e. The van der Waals surface area contributed by atoms with Crippen LogP contribution < -0.4 is 20.7 Å². The number of carboxylic acid groups (broad SMARTS) is 2. The summed E-state index contributed by atoms with van der Waals surface area (Å²) in [6.45, 7) is 4.88. The molecule has 2 atom stereocenters. The Morgan fingerprint density at radius 3 is 2.29 bits per heavy atom. The summed E-state index contributed by atoms with van der Waals surface area (Å²) in [4.78, 5) is 87.2. The Balaban J connectivity index is 0.777. The zero-order valence-electron chi connectivity index (χ0n) is 40.1. The Bertz CT molecular complexity index is 2870. The number of nitrogens with one attached hydrogen (secondary N) is 3. The highest BCUT2D eigenvalue weighted by Gasteiger charge is 2.46. The van der Waals surface area contributed by atoms with Gasteiger partial charge in [-0.2, -0.15) is 4.31 Å². The SMILES string of the molecule is CC1(C)C[C@@H](Nc2cccc(-c3sc(C(=O)O)c(OCC(=O)O)c3Cl)c2)CCN1S(=O)(=O)Cc1cccc(NC(=O)CCOCCOCCOCCCc2cccc3c2C(=O)N(C2CCC(=O)NC2=O)C3=O)c1. The van der Waals surface area contributed by atoms with E-state index in [1.54, 1.807) is 60.7 Å². The quantitative estimate of drug-likeness (QED) is 0.0386. The number of sulfonamides is 1. The molecule has 5 amide bonds. The first-order chi connectivity index (χ1) is 34.8. The molecule has 0 radical (unpaired) electrons. The average molecular weight is 1070 g/mol. The first-order valence-corrected chi connectivity index (χ1v) is 26.4. The van der Waals surface area contributed by atoms with Gasteiger partial charge in [0.25, 0.3) is 11.8 Å². The van der Waals surface area contributed by atoms with Crippen LogP contribution in [-0.2, 0) is 55.6 Å². The normalized spacial score (nSPS) is 17.8. The number of aromatic carboxylic acids is 1. The number of hydrogen-bond donors (Lipinski definition) is 5. The number of imide groups is 2. The monoisotopic (exact) mass is 1070 g/mol. The second-order valence-electron chi connectivity index (χ2n) is 18.2. The van der Waals surface area contributed by atoms with Crippen molar-refractivity contribution in [1.29, 1.82) is 0 Å². The molecule has 3 aliphatic rings. The summed E-state index contributed by atoms with van der Waals surface area (Å²) in [5, 5.41) is 27.2. The molecule has 0 aliphatic carbocycles. The maximum atomic E-state index is 13.9. The van der Waals surface area contributed by atoms with Crippen LogP contribution in [0.2, 0.25) is 5.02 Å². The fourth-order valence-electron chi connectivity index (χ4n) is 9.11. The maximum Gasteiger partial charge on any atom is 0.349 e. The lowest BCUT2D eigenvalue weighted by Crippen LogP contribution is -2.55. The van der Waals surface area contributed by atoms with E-state index >= 15 is 0 Å². The van der Waals surface area contributed by atoms with Gasteiger partial charge in [-0.3, -0.25) is 34.2 Å². The Hall–Kier alpha value is -6.27. The van der Waals surface area contributed by atoms with Gasteiger partial charge in [0, 0.05) is 42.5 Å². The largest absolute Gasteiger partial charge is 0.479 e. The molecule has 7 rings (SSSR count). The first-order valence-electron chi connectivity index (χ1n) is 23.6. The Labute approximate surface area is 430 Å². The molecule has 0 spiro atoms. The van der Waals surface area contributed by atoms with Gasteiger partial charge in [0.15, 0.2) is 17.2 Å². The zero-order valence-corrected chi connectivity index (χ0v) is 42.5. The number of piperidine rings is 2. The van der Waals surface area contributed by atoms with Gasteiger partial charge in [0.2, 0.25) is 27.7 Å². The number of ether oxygens (including phenoxy) is 4. The summed E-state index contributed by atoms with van der Waals surface area (Å²) in [5.74, 6) is -5.55. The third-order valence-electron chi connectivity index (χ3n) is 12.3. The third kappa shape index (κ3) is 13.7. The van der Waals surface area contributed by atoms with E-state index in [1.807, 2.05) is 19.9 Å². The molecule has 4 aromatic rings. The number of fused-ring (bicyclic) bond motifs is 1. The van der Waals surface area contributed by atoms with Crippen LogP contribution in [0.3, 0.4) is 0 Å². The Morgan fingerprint density at radius 1 is 0.877 bits per heavy atom. The van der Waals surface area contributed by atoms with E-state index in [-0.39, 0.29) is 90.1 Å². The van der Waals surface area contributed by atoms with E-state index in [9.17, 15) is 47.1 Å². The number of benzene rings is 3. The highest BCUT2D eigenvalue weighted by Crippen LogP contribution is 2.46. The number of aliphatic carboxylic acids is 1. The minimum absolute atomic E-state index is 0.00881. The van der Waals surface area contributed by atoms with Gasteiger partial charge < -0.3 is 39.8 Å². The summed E-state index contributed by atoms with van der Waals surface area (Å²) in [6.07, 6.45) is 2.20. The molecule has 5 N–H and O–H groups in total. The summed E-state index contributed by atoms with van der Waals surface area (Å²) in [6, 6.07) is 17.7. The van der Waals surface area contributed by atoms with Crippen LogP contribution in [0.5, 0.6) is 5.75 Å². The lowest BCUT2D eigenvalue weighted by molar-refractivity contribution is -0.139. The van der Waals surface area contributed by atoms with Crippen LogP contribution in [0.15, 0.2) is 66.7 Å². The molecule has 1 aromatic heterocycles. The highest BCUT2D eigenvalue weighted by molar-refractivity contribution is 7.88. The molecule has 2 saturated heterocycles. The molecule has 3 aliphatic heterocycles. The maximum absolute atomic E-state index is 13.9. The predicted molar refractivity (Wildman–Crippen MR) is 268 cm³/mol. The van der Waals surface area contributed by atoms with Crippen LogP contribution in [0, 0.1) is 0 Å². The molecule has 0 bridgehead atoms. The summed E-state index contributed by atoms with van der Waals surface area (Å²) < 4.78 is 51.4. The molecule has 0 saturated carbocycles. The van der Waals surface area contributed by atoms with Gasteiger partial charge in [-0.1, -0.05) is 48.0 Å². The highest BCUT2D eigenvalue weighted by atomic mass is 35.5. The van der Waals surface area contributed by atoms with Crippen molar-refractivity contribution < 1.29 is 71.1 Å². The number of aryl methyl sites for hydroxylation is 1. The number of nitrogens with zero attached hydrogens (tertiary/aromatic N) is 2. The number of carbonyl (C=O) groups is 7. The molecule has 1 unspecified atom stereocenters. The summed E-state index contributed by atoms with van der Waals surface area (Å²) in [7, 11) is -3.80. The van der Waals surface area contributed by atoms with Gasteiger partial charge in [-0.05, 0) is 93.0 Å². The van der Waals surface area contributed by atoms with E-state index in [0.717, 1.165) is 16.2 Å². The molecule has 23 heteroatoms. The number of amides is 5. The van der Waals surface area contributed by atoms with Gasteiger partial charge in [0.05, 0.1) is 61.2 Å². The van der Waals surface area contributed by atoms with Crippen LogP contribution in [0.1, 0.15) is 93.9 Å². The van der Waals surface area contributed by atoms with Crippen LogP contribution in [-0.4, -0.2) is 140 Å². The van der Waals surface area contributed by atoms with E-state index in [1.165, 1.54) is 4.31 Å². The summed E-state index contributed by atoms with van der Waals surface area (Å²) >= 11 is 7.38. The fourth-order valence-corrected chi connectivity index (χ4v) is 12.5. The predicted octanol–water partition coefficient (Wildman–Crippen LogP) is 5.83. The number of rotatable bonds is 25. The average Bonchev–Trinajstić information content (AvgIpc) is 3.79. The zero-order chi connectivity index (χ0) is 52.5. The third-order valence-corrected chi connectivity index (χ3v) is 16.1. The molecular formula is C50H56ClN5O15S2. The van der Waals surface area contributed by atoms with Crippen LogP contribution >= 0.6 is 22.9 Å². The first kappa shape index (κ1) is 54.5. The second-order valence-corrected chi connectivity index (χ2v) is 21.5. The van der Waals surface area contributed by atoms with Crippen LogP contribution in [0.4, 0.5) is 11.4 Å². The van der Waals surface area contributed by atoms with E-state index in [2.05, 4.69) is 16.0 Å². The standard InChI is InChI=1S/C50H56ClN5O15S2/c1-50(2)27-35(52-34-12-4-9-32(26-34)44-42(51)43(71-28-40(59)60)45(72-44)49(64)65)16-18-55(50)73(66,67)29-30-7-3-11-33(25-30)53-39(58)17-20-69-22-24-70-23-21-68-19-6-10-31-8-5-13-36-41(31)48(63)56(47(36)62)37-14-15-38(57)54-46(37)61/h3-5,7-9,11-13,25-26,35,37,52H,6,10,14-24,27-29H2,1-2H3,(H,53,58)(H,59,60)(H,64,65)(H,54,57,61)/t35-,37?/m0/s1. The lowest BCUT2D eigenvalue weighted by atomic mass is 9.89.